The number of anilines is 1. The Hall–Kier alpha value is -3.12. The largest absolute Gasteiger partial charge is 0.493 e. The van der Waals surface area contributed by atoms with Crippen molar-refractivity contribution in [2.75, 3.05) is 11.9 Å². The normalized spacial score (nSPS) is 11.7. The minimum atomic E-state index is -0.272. The quantitative estimate of drug-likeness (QED) is 0.341. The number of halogens is 1. The van der Waals surface area contributed by atoms with Gasteiger partial charge in [0.1, 0.15) is 5.75 Å². The molecule has 33 heavy (non-hydrogen) atoms. The maximum Gasteiger partial charge on any atom is 0.259 e. The summed E-state index contributed by atoms with van der Waals surface area (Å²) in [5, 5.41) is 5.88. The molecule has 0 aliphatic heterocycles. The Morgan fingerprint density at radius 2 is 1.61 bits per heavy atom. The number of carbonyl (C=O) groups excluding carboxylic acids is 2. The highest BCUT2D eigenvalue weighted by atomic mass is 79.9. The van der Waals surface area contributed by atoms with Gasteiger partial charge < -0.3 is 15.4 Å². The Kier molecular flexibility index (Phi) is 8.66. The third kappa shape index (κ3) is 7.19. The van der Waals surface area contributed by atoms with E-state index < -0.39 is 0 Å². The van der Waals surface area contributed by atoms with Crippen LogP contribution in [0.15, 0.2) is 77.3 Å². The molecule has 0 bridgehead atoms. The Labute approximate surface area is 203 Å². The summed E-state index contributed by atoms with van der Waals surface area (Å²) >= 11 is 3.42. The second-order valence-corrected chi connectivity index (χ2v) is 9.22. The molecular weight excluding hydrogens is 480 g/mol. The predicted molar refractivity (Wildman–Crippen MR) is 136 cm³/mol. The van der Waals surface area contributed by atoms with E-state index in [-0.39, 0.29) is 17.9 Å². The number of ether oxygens (including phenoxy) is 1. The molecule has 0 spiro atoms. The summed E-state index contributed by atoms with van der Waals surface area (Å²) in [4.78, 5) is 25.5. The van der Waals surface area contributed by atoms with E-state index in [1.165, 1.54) is 0 Å². The molecule has 0 heterocycles. The summed E-state index contributed by atoms with van der Waals surface area (Å²) < 4.78 is 6.65. The summed E-state index contributed by atoms with van der Waals surface area (Å²) in [7, 11) is 0. The van der Waals surface area contributed by atoms with Gasteiger partial charge in [0, 0.05) is 15.7 Å². The smallest absolute Gasteiger partial charge is 0.259 e. The van der Waals surface area contributed by atoms with Crippen LogP contribution in [0.2, 0.25) is 0 Å². The number of amides is 2. The number of benzene rings is 3. The lowest BCUT2D eigenvalue weighted by Gasteiger charge is -2.15. The molecule has 1 atom stereocenters. The molecule has 172 valence electrons. The molecule has 3 aromatic carbocycles. The highest BCUT2D eigenvalue weighted by molar-refractivity contribution is 9.10. The van der Waals surface area contributed by atoms with Crippen LogP contribution < -0.4 is 15.4 Å². The molecule has 0 radical (unpaired) electrons. The van der Waals surface area contributed by atoms with Crippen molar-refractivity contribution in [1.82, 2.24) is 5.32 Å². The fraction of sp³-hybridized carbons (Fsp3) is 0.259. The van der Waals surface area contributed by atoms with Gasteiger partial charge in [-0.15, -0.1) is 0 Å². The highest BCUT2D eigenvalue weighted by Gasteiger charge is 2.15. The summed E-state index contributed by atoms with van der Waals surface area (Å²) in [5.74, 6) is 0.620. The first-order chi connectivity index (χ1) is 15.8. The molecule has 0 aliphatic carbocycles. The van der Waals surface area contributed by atoms with E-state index in [2.05, 4.69) is 40.4 Å². The van der Waals surface area contributed by atoms with Crippen molar-refractivity contribution in [2.24, 2.45) is 5.92 Å². The lowest BCUT2D eigenvalue weighted by atomic mass is 10.1. The van der Waals surface area contributed by atoms with Crippen LogP contribution in [0.25, 0.3) is 0 Å². The minimum absolute atomic E-state index is 0.108. The Morgan fingerprint density at radius 1 is 0.909 bits per heavy atom. The highest BCUT2D eigenvalue weighted by Crippen LogP contribution is 2.25. The molecule has 0 saturated carbocycles. The topological polar surface area (TPSA) is 67.4 Å². The van der Waals surface area contributed by atoms with Crippen LogP contribution in [0.4, 0.5) is 5.69 Å². The van der Waals surface area contributed by atoms with Crippen LogP contribution >= 0.6 is 15.9 Å². The number of rotatable bonds is 9. The Morgan fingerprint density at radius 3 is 2.27 bits per heavy atom. The van der Waals surface area contributed by atoms with Crippen molar-refractivity contribution in [3.05, 3.63) is 94.0 Å². The molecular formula is C27H29BrN2O3. The van der Waals surface area contributed by atoms with Gasteiger partial charge in [0.15, 0.2) is 0 Å². The van der Waals surface area contributed by atoms with Crippen molar-refractivity contribution in [1.29, 1.82) is 0 Å². The number of nitrogens with one attached hydrogen (secondary N) is 2. The van der Waals surface area contributed by atoms with E-state index in [1.807, 2.05) is 43.3 Å². The van der Waals surface area contributed by atoms with Crippen LogP contribution in [0.5, 0.6) is 5.75 Å². The van der Waals surface area contributed by atoms with Gasteiger partial charge >= 0.3 is 0 Å². The average Bonchev–Trinajstić information content (AvgIpc) is 2.80. The van der Waals surface area contributed by atoms with Crippen molar-refractivity contribution in [3.8, 4) is 5.75 Å². The van der Waals surface area contributed by atoms with Crippen LogP contribution in [0.1, 0.15) is 59.5 Å². The van der Waals surface area contributed by atoms with E-state index >= 15 is 0 Å². The van der Waals surface area contributed by atoms with Gasteiger partial charge in [0.25, 0.3) is 11.8 Å². The zero-order valence-corrected chi connectivity index (χ0v) is 20.7. The SMILES string of the molecule is CC(C)CCOc1ccc(Br)cc1C(=O)Nc1ccc(C(=O)NC(C)c2ccccc2)cc1. The van der Waals surface area contributed by atoms with Crippen LogP contribution in [0, 0.1) is 5.92 Å². The molecule has 2 N–H and O–H groups in total. The first-order valence-electron chi connectivity index (χ1n) is 11.0. The van der Waals surface area contributed by atoms with E-state index in [4.69, 9.17) is 4.74 Å². The third-order valence-corrected chi connectivity index (χ3v) is 5.68. The average molecular weight is 509 g/mol. The molecule has 0 aromatic heterocycles. The van der Waals surface area contributed by atoms with Crippen molar-refractivity contribution in [2.45, 2.75) is 33.2 Å². The lowest BCUT2D eigenvalue weighted by molar-refractivity contribution is 0.0939. The van der Waals surface area contributed by atoms with E-state index in [0.717, 1.165) is 16.5 Å². The molecule has 5 nitrogen and oxygen atoms in total. The molecule has 2 amide bonds. The summed E-state index contributed by atoms with van der Waals surface area (Å²) in [6.45, 7) is 6.75. The Bertz CT molecular complexity index is 1080. The fourth-order valence-electron chi connectivity index (χ4n) is 3.22. The molecule has 0 fully saturated rings. The van der Waals surface area contributed by atoms with Gasteiger partial charge in [-0.3, -0.25) is 9.59 Å². The number of hydrogen-bond acceptors (Lipinski definition) is 3. The first kappa shape index (κ1) is 24.5. The van der Waals surface area contributed by atoms with E-state index in [0.29, 0.717) is 35.1 Å². The first-order valence-corrected chi connectivity index (χ1v) is 11.8. The minimum Gasteiger partial charge on any atom is -0.493 e. The van der Waals surface area contributed by atoms with Crippen LogP contribution in [-0.4, -0.2) is 18.4 Å². The maximum atomic E-state index is 12.9. The van der Waals surface area contributed by atoms with Crippen LogP contribution in [0.3, 0.4) is 0 Å². The van der Waals surface area contributed by atoms with Gasteiger partial charge in [-0.05, 0) is 67.3 Å². The second-order valence-electron chi connectivity index (χ2n) is 8.31. The van der Waals surface area contributed by atoms with Gasteiger partial charge in [-0.1, -0.05) is 60.1 Å². The molecule has 1 unspecified atom stereocenters. The zero-order valence-electron chi connectivity index (χ0n) is 19.1. The van der Waals surface area contributed by atoms with Crippen molar-refractivity contribution in [3.63, 3.8) is 0 Å². The van der Waals surface area contributed by atoms with Gasteiger partial charge in [0.05, 0.1) is 18.2 Å². The van der Waals surface area contributed by atoms with Crippen LogP contribution in [-0.2, 0) is 0 Å². The van der Waals surface area contributed by atoms with Gasteiger partial charge in [0.2, 0.25) is 0 Å². The van der Waals surface area contributed by atoms with E-state index in [1.54, 1.807) is 36.4 Å². The third-order valence-electron chi connectivity index (χ3n) is 5.19. The monoisotopic (exact) mass is 508 g/mol. The summed E-state index contributed by atoms with van der Waals surface area (Å²) in [6.07, 6.45) is 0.906. The zero-order chi connectivity index (χ0) is 23.8. The second kappa shape index (κ2) is 11.7. The summed E-state index contributed by atoms with van der Waals surface area (Å²) in [6, 6.07) is 21.9. The fourth-order valence-corrected chi connectivity index (χ4v) is 3.58. The molecule has 3 aromatic rings. The molecule has 0 saturated heterocycles. The van der Waals surface area contributed by atoms with Crippen molar-refractivity contribution >= 4 is 33.4 Å². The van der Waals surface area contributed by atoms with Gasteiger partial charge in [-0.2, -0.15) is 0 Å². The molecule has 0 aliphatic rings. The predicted octanol–water partition coefficient (Wildman–Crippen LogP) is 6.62. The number of hydrogen-bond donors (Lipinski definition) is 2. The molecule has 3 rings (SSSR count). The van der Waals surface area contributed by atoms with E-state index in [9.17, 15) is 9.59 Å². The maximum absolute atomic E-state index is 12.9. The van der Waals surface area contributed by atoms with Gasteiger partial charge in [-0.25, -0.2) is 0 Å². The standard InChI is InChI=1S/C27H29BrN2O3/c1-18(2)15-16-33-25-14-11-22(28)17-24(25)27(32)30-23-12-9-21(10-13-23)26(31)29-19(3)20-7-5-4-6-8-20/h4-14,17-19H,15-16H2,1-3H3,(H,29,31)(H,30,32). The molecule has 6 heteroatoms. The number of carbonyl (C=O) groups is 2. The van der Waals surface area contributed by atoms with Crippen molar-refractivity contribution < 1.29 is 14.3 Å². The summed E-state index contributed by atoms with van der Waals surface area (Å²) in [5.41, 5.74) is 2.61. The lowest BCUT2D eigenvalue weighted by Crippen LogP contribution is -2.26. The Balaban J connectivity index is 1.64.